The van der Waals surface area contributed by atoms with Gasteiger partial charge in [-0.3, -0.25) is 0 Å². The maximum absolute atomic E-state index is 9.45. The van der Waals surface area contributed by atoms with Crippen molar-refractivity contribution in [3.8, 4) is 0 Å². The molecule has 0 aliphatic heterocycles. The summed E-state index contributed by atoms with van der Waals surface area (Å²) in [4.78, 5) is 8.41. The molecule has 0 spiro atoms. The monoisotopic (exact) mass is 246 g/mol. The second kappa shape index (κ2) is 4.78. The summed E-state index contributed by atoms with van der Waals surface area (Å²) < 4.78 is 0. The summed E-state index contributed by atoms with van der Waals surface area (Å²) in [6.45, 7) is 3.98. The van der Waals surface area contributed by atoms with Crippen molar-refractivity contribution < 1.29 is 5.11 Å². The molecule has 0 aliphatic rings. The maximum Gasteiger partial charge on any atom is 0.222 e. The molecule has 1 aromatic heterocycles. The number of aromatic nitrogens is 2. The summed E-state index contributed by atoms with van der Waals surface area (Å²) >= 11 is 0. The predicted octanol–water partition coefficient (Wildman–Crippen LogP) is 1.78. The van der Waals surface area contributed by atoms with Crippen LogP contribution in [0.25, 0.3) is 10.9 Å². The Labute approximate surface area is 106 Å². The van der Waals surface area contributed by atoms with Crippen LogP contribution >= 0.6 is 0 Å². The van der Waals surface area contributed by atoms with Gasteiger partial charge in [0.15, 0.2) is 0 Å². The van der Waals surface area contributed by atoms with E-state index in [4.69, 9.17) is 5.73 Å². The van der Waals surface area contributed by atoms with E-state index in [9.17, 15) is 5.11 Å². The van der Waals surface area contributed by atoms with Gasteiger partial charge in [-0.15, -0.1) is 0 Å². The first-order valence-corrected chi connectivity index (χ1v) is 5.99. The summed E-state index contributed by atoms with van der Waals surface area (Å²) in [6, 6.07) is 7.66. The van der Waals surface area contributed by atoms with Crippen LogP contribution in [0.4, 0.5) is 11.8 Å². The standard InChI is InChI=1S/C13H18N4O/c1-3-13(2,8-18)17-11-9-6-4-5-7-10(9)15-12(14)16-11/h4-7,18H,3,8H2,1-2H3,(H3,14,15,16,17). The molecule has 5 nitrogen and oxygen atoms in total. The first kappa shape index (κ1) is 12.6. The highest BCUT2D eigenvalue weighted by Crippen LogP contribution is 2.24. The van der Waals surface area contributed by atoms with Gasteiger partial charge in [0.25, 0.3) is 0 Å². The number of rotatable bonds is 4. The number of anilines is 2. The Morgan fingerprint density at radius 2 is 2.06 bits per heavy atom. The second-order valence-electron chi connectivity index (χ2n) is 4.64. The molecule has 0 fully saturated rings. The van der Waals surface area contributed by atoms with E-state index >= 15 is 0 Å². The Balaban J connectivity index is 2.50. The van der Waals surface area contributed by atoms with E-state index in [1.54, 1.807) is 0 Å². The fourth-order valence-electron chi connectivity index (χ4n) is 1.72. The zero-order chi connectivity index (χ0) is 13.2. The molecule has 4 N–H and O–H groups in total. The smallest absolute Gasteiger partial charge is 0.222 e. The molecule has 0 bridgehead atoms. The van der Waals surface area contributed by atoms with Gasteiger partial charge in [-0.05, 0) is 25.5 Å². The average Bonchev–Trinajstić information content (AvgIpc) is 2.38. The van der Waals surface area contributed by atoms with Crippen LogP contribution in [0.3, 0.4) is 0 Å². The van der Waals surface area contributed by atoms with E-state index in [0.29, 0.717) is 5.82 Å². The van der Waals surface area contributed by atoms with E-state index in [1.165, 1.54) is 0 Å². The maximum atomic E-state index is 9.45. The molecule has 1 aromatic carbocycles. The van der Waals surface area contributed by atoms with Crippen LogP contribution in [0.15, 0.2) is 24.3 Å². The van der Waals surface area contributed by atoms with Gasteiger partial charge in [-0.25, -0.2) is 4.98 Å². The molecular weight excluding hydrogens is 228 g/mol. The molecule has 0 saturated heterocycles. The number of fused-ring (bicyclic) bond motifs is 1. The van der Waals surface area contributed by atoms with Crippen molar-refractivity contribution in [3.63, 3.8) is 0 Å². The quantitative estimate of drug-likeness (QED) is 0.766. The lowest BCUT2D eigenvalue weighted by Gasteiger charge is -2.28. The fourth-order valence-corrected chi connectivity index (χ4v) is 1.72. The highest BCUT2D eigenvalue weighted by Gasteiger charge is 2.22. The topological polar surface area (TPSA) is 84.1 Å². The number of para-hydroxylation sites is 1. The summed E-state index contributed by atoms with van der Waals surface area (Å²) in [5, 5.41) is 13.6. The normalized spacial score (nSPS) is 14.4. The van der Waals surface area contributed by atoms with Crippen LogP contribution in [-0.4, -0.2) is 27.2 Å². The fraction of sp³-hybridized carbons (Fsp3) is 0.385. The highest BCUT2D eigenvalue weighted by molar-refractivity contribution is 5.90. The largest absolute Gasteiger partial charge is 0.394 e. The molecule has 1 unspecified atom stereocenters. The molecule has 2 aromatic rings. The Kier molecular flexibility index (Phi) is 3.34. The van der Waals surface area contributed by atoms with Gasteiger partial charge in [0.1, 0.15) is 5.82 Å². The third kappa shape index (κ3) is 2.36. The highest BCUT2D eigenvalue weighted by atomic mass is 16.3. The van der Waals surface area contributed by atoms with E-state index in [-0.39, 0.29) is 12.6 Å². The number of nitrogen functional groups attached to an aromatic ring is 1. The van der Waals surface area contributed by atoms with Crippen LogP contribution in [0.5, 0.6) is 0 Å². The second-order valence-corrected chi connectivity index (χ2v) is 4.64. The van der Waals surface area contributed by atoms with Crippen LogP contribution in [-0.2, 0) is 0 Å². The number of hydrogen-bond donors (Lipinski definition) is 3. The first-order valence-electron chi connectivity index (χ1n) is 5.99. The first-order chi connectivity index (χ1) is 8.58. The van der Waals surface area contributed by atoms with Crippen molar-refractivity contribution in [1.29, 1.82) is 0 Å². The number of nitrogens with one attached hydrogen (secondary N) is 1. The van der Waals surface area contributed by atoms with Gasteiger partial charge >= 0.3 is 0 Å². The van der Waals surface area contributed by atoms with Crippen molar-refractivity contribution in [1.82, 2.24) is 9.97 Å². The molecule has 0 saturated carbocycles. The number of hydrogen-bond acceptors (Lipinski definition) is 5. The Bertz CT molecular complexity index is 552. The lowest BCUT2D eigenvalue weighted by molar-refractivity contribution is 0.218. The molecule has 18 heavy (non-hydrogen) atoms. The molecule has 0 radical (unpaired) electrons. The van der Waals surface area contributed by atoms with E-state index in [0.717, 1.165) is 17.3 Å². The molecule has 0 amide bonds. The lowest BCUT2D eigenvalue weighted by Crippen LogP contribution is -2.38. The Hall–Kier alpha value is -1.88. The van der Waals surface area contributed by atoms with Crippen molar-refractivity contribution in [3.05, 3.63) is 24.3 Å². The minimum Gasteiger partial charge on any atom is -0.394 e. The van der Waals surface area contributed by atoms with Crippen molar-refractivity contribution in [2.75, 3.05) is 17.7 Å². The minimum atomic E-state index is -0.413. The number of nitrogens with zero attached hydrogens (tertiary/aromatic N) is 2. The molecular formula is C13H18N4O. The van der Waals surface area contributed by atoms with Crippen molar-refractivity contribution in [2.45, 2.75) is 25.8 Å². The van der Waals surface area contributed by atoms with Crippen LogP contribution in [0.1, 0.15) is 20.3 Å². The molecule has 2 rings (SSSR count). The van der Waals surface area contributed by atoms with Gasteiger partial charge < -0.3 is 16.2 Å². The van der Waals surface area contributed by atoms with Crippen molar-refractivity contribution in [2.24, 2.45) is 0 Å². The summed E-state index contributed by atoms with van der Waals surface area (Å²) in [5.74, 6) is 0.893. The third-order valence-electron chi connectivity index (χ3n) is 3.17. The minimum absolute atomic E-state index is 0.0295. The van der Waals surface area contributed by atoms with Gasteiger partial charge in [0.2, 0.25) is 5.95 Å². The zero-order valence-corrected chi connectivity index (χ0v) is 10.6. The summed E-state index contributed by atoms with van der Waals surface area (Å²) in [6.07, 6.45) is 0.779. The van der Waals surface area contributed by atoms with Gasteiger partial charge in [-0.2, -0.15) is 4.98 Å². The lowest BCUT2D eigenvalue weighted by atomic mass is 10.00. The van der Waals surface area contributed by atoms with Crippen molar-refractivity contribution >= 4 is 22.7 Å². The van der Waals surface area contributed by atoms with E-state index in [2.05, 4.69) is 15.3 Å². The molecule has 0 aliphatic carbocycles. The van der Waals surface area contributed by atoms with Gasteiger partial charge in [0, 0.05) is 5.39 Å². The van der Waals surface area contributed by atoms with Gasteiger partial charge in [0.05, 0.1) is 17.7 Å². The molecule has 1 atom stereocenters. The number of aliphatic hydroxyl groups excluding tert-OH is 1. The SMILES string of the molecule is CCC(C)(CO)Nc1nc(N)nc2ccccc12. The Morgan fingerprint density at radius 3 is 2.72 bits per heavy atom. The van der Waals surface area contributed by atoms with E-state index in [1.807, 2.05) is 38.1 Å². The molecule has 96 valence electrons. The van der Waals surface area contributed by atoms with Gasteiger partial charge in [-0.1, -0.05) is 19.1 Å². The van der Waals surface area contributed by atoms with Crippen LogP contribution in [0.2, 0.25) is 0 Å². The zero-order valence-electron chi connectivity index (χ0n) is 10.6. The Morgan fingerprint density at radius 1 is 1.33 bits per heavy atom. The third-order valence-corrected chi connectivity index (χ3v) is 3.17. The molecule has 5 heteroatoms. The average molecular weight is 246 g/mol. The number of nitrogens with two attached hydrogens (primary N) is 1. The predicted molar refractivity (Wildman–Crippen MR) is 73.4 cm³/mol. The summed E-state index contributed by atoms with van der Waals surface area (Å²) in [5.41, 5.74) is 6.08. The van der Waals surface area contributed by atoms with Crippen LogP contribution < -0.4 is 11.1 Å². The summed E-state index contributed by atoms with van der Waals surface area (Å²) in [7, 11) is 0. The number of benzene rings is 1. The van der Waals surface area contributed by atoms with E-state index < -0.39 is 5.54 Å². The van der Waals surface area contributed by atoms with Crippen LogP contribution in [0, 0.1) is 0 Å². The number of aliphatic hydroxyl groups is 1. The molecule has 1 heterocycles.